The summed E-state index contributed by atoms with van der Waals surface area (Å²) in [6, 6.07) is 12.9. The minimum Gasteiger partial charge on any atom is -0.263 e. The third-order valence-corrected chi connectivity index (χ3v) is 4.84. The number of hydrogen-bond acceptors (Lipinski definition) is 4. The topological polar surface area (TPSA) is 87.7 Å². The molecule has 0 spiro atoms. The number of sulfonamides is 1. The number of aromatic nitrogens is 3. The zero-order chi connectivity index (χ0) is 17.2. The second-order valence-corrected chi connectivity index (χ2v) is 6.91. The molecular formula is C16H15FN4O2S. The van der Waals surface area contributed by atoms with Gasteiger partial charge in [0.1, 0.15) is 17.7 Å². The Morgan fingerprint density at radius 1 is 1.08 bits per heavy atom. The Labute approximate surface area is 138 Å². The van der Waals surface area contributed by atoms with Crippen LogP contribution in [0.1, 0.15) is 23.3 Å². The Hall–Kier alpha value is -2.58. The summed E-state index contributed by atoms with van der Waals surface area (Å²) in [7, 11) is -3.87. The lowest BCUT2D eigenvalue weighted by Gasteiger charge is -2.16. The third-order valence-electron chi connectivity index (χ3n) is 3.40. The first-order valence-corrected chi connectivity index (χ1v) is 8.66. The van der Waals surface area contributed by atoms with E-state index in [2.05, 4.69) is 19.9 Å². The van der Waals surface area contributed by atoms with Crippen molar-refractivity contribution in [3.63, 3.8) is 0 Å². The summed E-state index contributed by atoms with van der Waals surface area (Å²) in [5, 5.41) is 6.77. The van der Waals surface area contributed by atoms with Crippen LogP contribution in [0.3, 0.4) is 0 Å². The van der Waals surface area contributed by atoms with Gasteiger partial charge in [0.15, 0.2) is 5.82 Å². The number of aryl methyl sites for hydroxylation is 1. The first-order chi connectivity index (χ1) is 11.5. The predicted molar refractivity (Wildman–Crippen MR) is 86.1 cm³/mol. The normalized spacial score (nSPS) is 12.9. The van der Waals surface area contributed by atoms with E-state index in [1.165, 1.54) is 12.1 Å². The van der Waals surface area contributed by atoms with Crippen LogP contribution >= 0.6 is 0 Å². The van der Waals surface area contributed by atoms with Crippen LogP contribution in [0.15, 0.2) is 59.5 Å². The van der Waals surface area contributed by atoms with Crippen molar-refractivity contribution in [1.29, 1.82) is 0 Å². The molecule has 6 nitrogen and oxygen atoms in total. The van der Waals surface area contributed by atoms with Gasteiger partial charge in [-0.15, -0.1) is 0 Å². The Bertz CT molecular complexity index is 924. The number of benzene rings is 2. The van der Waals surface area contributed by atoms with Crippen molar-refractivity contribution < 1.29 is 12.8 Å². The van der Waals surface area contributed by atoms with E-state index in [0.717, 1.165) is 12.1 Å². The fraction of sp³-hybridized carbons (Fsp3) is 0.125. The number of aromatic amines is 1. The molecule has 1 atom stereocenters. The SMILES string of the molecule is Cc1nc(C(NS(=O)(=O)c2ccc(F)cc2)c2ccccc2)n[nH]1. The van der Waals surface area contributed by atoms with Crippen molar-refractivity contribution in [3.8, 4) is 0 Å². The number of nitrogens with one attached hydrogen (secondary N) is 2. The molecule has 124 valence electrons. The van der Waals surface area contributed by atoms with Crippen LogP contribution in [-0.2, 0) is 10.0 Å². The highest BCUT2D eigenvalue weighted by Gasteiger charge is 2.25. The summed E-state index contributed by atoms with van der Waals surface area (Å²) >= 11 is 0. The van der Waals surface area contributed by atoms with Crippen LogP contribution in [0.5, 0.6) is 0 Å². The molecule has 0 bridgehead atoms. The number of H-pyrrole nitrogens is 1. The quantitative estimate of drug-likeness (QED) is 0.742. The Kier molecular flexibility index (Phi) is 4.41. The molecule has 1 unspecified atom stereocenters. The third kappa shape index (κ3) is 3.50. The minimum absolute atomic E-state index is 0.0305. The van der Waals surface area contributed by atoms with Crippen molar-refractivity contribution >= 4 is 10.0 Å². The monoisotopic (exact) mass is 346 g/mol. The first-order valence-electron chi connectivity index (χ1n) is 7.17. The Morgan fingerprint density at radius 2 is 1.75 bits per heavy atom. The second-order valence-electron chi connectivity index (χ2n) is 5.20. The van der Waals surface area contributed by atoms with E-state index in [0.29, 0.717) is 17.2 Å². The minimum atomic E-state index is -3.87. The van der Waals surface area contributed by atoms with Gasteiger partial charge >= 0.3 is 0 Å². The molecule has 8 heteroatoms. The van der Waals surface area contributed by atoms with Gasteiger partial charge in [0.05, 0.1) is 4.90 Å². The molecule has 24 heavy (non-hydrogen) atoms. The van der Waals surface area contributed by atoms with Crippen LogP contribution in [0.2, 0.25) is 0 Å². The summed E-state index contributed by atoms with van der Waals surface area (Å²) in [6.07, 6.45) is 0. The van der Waals surface area contributed by atoms with Crippen molar-refractivity contribution in [2.24, 2.45) is 0 Å². The molecule has 0 aliphatic rings. The van der Waals surface area contributed by atoms with Gasteiger partial charge < -0.3 is 0 Å². The molecule has 0 saturated carbocycles. The molecule has 0 amide bonds. The van der Waals surface area contributed by atoms with Crippen LogP contribution in [0.4, 0.5) is 4.39 Å². The van der Waals surface area contributed by atoms with E-state index >= 15 is 0 Å². The highest BCUT2D eigenvalue weighted by Crippen LogP contribution is 2.22. The molecule has 1 aromatic heterocycles. The largest absolute Gasteiger partial charge is 0.263 e. The zero-order valence-corrected chi connectivity index (χ0v) is 13.6. The number of rotatable bonds is 5. The molecule has 0 aliphatic heterocycles. The molecule has 3 rings (SSSR count). The standard InChI is InChI=1S/C16H15FN4O2S/c1-11-18-16(20-19-11)15(12-5-3-2-4-6-12)21-24(22,23)14-9-7-13(17)8-10-14/h2-10,15,21H,1H3,(H,18,19,20). The van der Waals surface area contributed by atoms with E-state index in [4.69, 9.17) is 0 Å². The second kappa shape index (κ2) is 6.50. The van der Waals surface area contributed by atoms with Gasteiger partial charge in [-0.1, -0.05) is 30.3 Å². The molecule has 3 aromatic rings. The van der Waals surface area contributed by atoms with E-state index in [-0.39, 0.29) is 4.90 Å². The maximum absolute atomic E-state index is 13.0. The lowest BCUT2D eigenvalue weighted by atomic mass is 10.1. The van der Waals surface area contributed by atoms with Crippen LogP contribution in [-0.4, -0.2) is 23.6 Å². The van der Waals surface area contributed by atoms with Gasteiger partial charge in [-0.25, -0.2) is 17.8 Å². The summed E-state index contributed by atoms with van der Waals surface area (Å²) in [5.41, 5.74) is 0.696. The van der Waals surface area contributed by atoms with Gasteiger partial charge in [-0.3, -0.25) is 5.10 Å². The van der Waals surface area contributed by atoms with Crippen molar-refractivity contribution in [2.75, 3.05) is 0 Å². The van der Waals surface area contributed by atoms with E-state index in [1.54, 1.807) is 31.2 Å². The molecule has 2 N–H and O–H groups in total. The van der Waals surface area contributed by atoms with E-state index in [1.807, 2.05) is 6.07 Å². The van der Waals surface area contributed by atoms with Crippen LogP contribution in [0, 0.1) is 12.7 Å². The van der Waals surface area contributed by atoms with Gasteiger partial charge in [-0.05, 0) is 36.8 Å². The average molecular weight is 346 g/mol. The van der Waals surface area contributed by atoms with Crippen molar-refractivity contribution in [2.45, 2.75) is 17.9 Å². The van der Waals surface area contributed by atoms with Crippen LogP contribution in [0.25, 0.3) is 0 Å². The van der Waals surface area contributed by atoms with Gasteiger partial charge in [0.25, 0.3) is 0 Å². The smallest absolute Gasteiger partial charge is 0.241 e. The zero-order valence-electron chi connectivity index (χ0n) is 12.8. The fourth-order valence-corrected chi connectivity index (χ4v) is 3.42. The summed E-state index contributed by atoms with van der Waals surface area (Å²) in [4.78, 5) is 4.20. The Morgan fingerprint density at radius 3 is 2.33 bits per heavy atom. The van der Waals surface area contributed by atoms with Gasteiger partial charge in [0.2, 0.25) is 10.0 Å². The molecule has 1 heterocycles. The fourth-order valence-electron chi connectivity index (χ4n) is 2.24. The van der Waals surface area contributed by atoms with Crippen LogP contribution < -0.4 is 4.72 Å². The van der Waals surface area contributed by atoms with E-state index < -0.39 is 21.9 Å². The molecule has 0 saturated heterocycles. The van der Waals surface area contributed by atoms with E-state index in [9.17, 15) is 12.8 Å². The first kappa shape index (κ1) is 16.3. The Balaban J connectivity index is 1.99. The molecule has 0 radical (unpaired) electrons. The number of hydrogen-bond donors (Lipinski definition) is 2. The number of nitrogens with zero attached hydrogens (tertiary/aromatic N) is 2. The lowest BCUT2D eigenvalue weighted by Crippen LogP contribution is -2.30. The maximum atomic E-state index is 13.0. The summed E-state index contributed by atoms with van der Waals surface area (Å²) in [6.45, 7) is 1.73. The van der Waals surface area contributed by atoms with Crippen molar-refractivity contribution in [1.82, 2.24) is 19.9 Å². The maximum Gasteiger partial charge on any atom is 0.241 e. The van der Waals surface area contributed by atoms with Gasteiger partial charge in [0, 0.05) is 0 Å². The van der Waals surface area contributed by atoms with Crippen molar-refractivity contribution in [3.05, 3.63) is 77.6 Å². The molecular weight excluding hydrogens is 331 g/mol. The lowest BCUT2D eigenvalue weighted by molar-refractivity contribution is 0.566. The predicted octanol–water partition coefficient (Wildman–Crippen LogP) is 2.32. The molecule has 2 aromatic carbocycles. The average Bonchev–Trinajstić information content (AvgIpc) is 3.00. The van der Waals surface area contributed by atoms with Gasteiger partial charge in [-0.2, -0.15) is 9.82 Å². The number of halogens is 1. The molecule has 0 aliphatic carbocycles. The summed E-state index contributed by atoms with van der Waals surface area (Å²) in [5.74, 6) is 0.384. The summed E-state index contributed by atoms with van der Waals surface area (Å²) < 4.78 is 40.8. The highest BCUT2D eigenvalue weighted by molar-refractivity contribution is 7.89. The molecule has 0 fully saturated rings. The highest BCUT2D eigenvalue weighted by atomic mass is 32.2.